The summed E-state index contributed by atoms with van der Waals surface area (Å²) in [6.07, 6.45) is 0. The number of nitrogens with one attached hydrogen (secondary N) is 1. The van der Waals surface area contributed by atoms with Gasteiger partial charge in [0.15, 0.2) is 0 Å². The number of hydrogen-bond donors (Lipinski definition) is 1. The molecule has 0 aliphatic rings. The Morgan fingerprint density at radius 2 is 1.88 bits per heavy atom. The predicted octanol–water partition coefficient (Wildman–Crippen LogP) is 3.52. The number of likely N-dealkylation sites (N-methyl/N-ethyl adjacent to an activating group) is 1. The van der Waals surface area contributed by atoms with Crippen molar-refractivity contribution < 1.29 is 14.0 Å². The molecule has 0 aliphatic heterocycles. The van der Waals surface area contributed by atoms with E-state index < -0.39 is 5.91 Å². The van der Waals surface area contributed by atoms with Crippen LogP contribution in [-0.2, 0) is 11.3 Å². The van der Waals surface area contributed by atoms with Gasteiger partial charge < -0.3 is 10.2 Å². The first-order valence-corrected chi connectivity index (χ1v) is 7.84. The molecule has 2 amide bonds. The van der Waals surface area contributed by atoms with Crippen LogP contribution in [0.5, 0.6) is 0 Å². The average Bonchev–Trinajstić information content (AvgIpc) is 2.54. The van der Waals surface area contributed by atoms with Gasteiger partial charge in [-0.15, -0.1) is 0 Å². The third-order valence-corrected chi connectivity index (χ3v) is 3.91. The average molecular weight is 369 g/mol. The van der Waals surface area contributed by atoms with Crippen LogP contribution in [0.15, 0.2) is 42.5 Å². The third kappa shape index (κ3) is 4.69. The summed E-state index contributed by atoms with van der Waals surface area (Å²) < 4.78 is 13.6. The zero-order valence-corrected chi connectivity index (χ0v) is 14.4. The summed E-state index contributed by atoms with van der Waals surface area (Å²) in [5.41, 5.74) is 0.631. The third-order valence-electron chi connectivity index (χ3n) is 3.37. The number of rotatable bonds is 5. The van der Waals surface area contributed by atoms with Crippen molar-refractivity contribution in [3.05, 3.63) is 69.5 Å². The Morgan fingerprint density at radius 3 is 2.54 bits per heavy atom. The molecule has 2 aromatic rings. The molecule has 4 nitrogen and oxygen atoms in total. The molecule has 0 spiro atoms. The maximum absolute atomic E-state index is 13.6. The van der Waals surface area contributed by atoms with Crippen LogP contribution in [0.3, 0.4) is 0 Å². The molecule has 0 aliphatic carbocycles. The molecule has 0 atom stereocenters. The molecule has 0 saturated carbocycles. The van der Waals surface area contributed by atoms with Crippen molar-refractivity contribution in [2.24, 2.45) is 0 Å². The lowest BCUT2D eigenvalue weighted by atomic mass is 10.2. The molecule has 0 saturated heterocycles. The number of benzene rings is 2. The van der Waals surface area contributed by atoms with E-state index in [1.807, 2.05) is 0 Å². The first-order valence-electron chi connectivity index (χ1n) is 7.09. The van der Waals surface area contributed by atoms with Crippen molar-refractivity contribution in [1.29, 1.82) is 0 Å². The molecule has 24 heavy (non-hydrogen) atoms. The maximum Gasteiger partial charge on any atom is 0.253 e. The van der Waals surface area contributed by atoms with E-state index in [0.717, 1.165) is 0 Å². The second kappa shape index (κ2) is 8.13. The zero-order chi connectivity index (χ0) is 17.7. The summed E-state index contributed by atoms with van der Waals surface area (Å²) in [5.74, 6) is -1.21. The van der Waals surface area contributed by atoms with Gasteiger partial charge >= 0.3 is 0 Å². The molecular formula is C17H15Cl2FN2O2. The number of amides is 2. The molecule has 0 heterocycles. The van der Waals surface area contributed by atoms with Crippen molar-refractivity contribution in [3.63, 3.8) is 0 Å². The van der Waals surface area contributed by atoms with Crippen LogP contribution < -0.4 is 5.32 Å². The number of nitrogens with zero attached hydrogens (tertiary/aromatic N) is 1. The lowest BCUT2D eigenvalue weighted by Gasteiger charge is -2.18. The molecule has 126 valence electrons. The summed E-state index contributed by atoms with van der Waals surface area (Å²) in [4.78, 5) is 25.5. The molecule has 0 bridgehead atoms. The van der Waals surface area contributed by atoms with Gasteiger partial charge in [-0.25, -0.2) is 4.39 Å². The smallest absolute Gasteiger partial charge is 0.253 e. The second-order valence-corrected chi connectivity index (χ2v) is 5.99. The topological polar surface area (TPSA) is 49.4 Å². The monoisotopic (exact) mass is 368 g/mol. The van der Waals surface area contributed by atoms with E-state index in [0.29, 0.717) is 10.6 Å². The van der Waals surface area contributed by atoms with Gasteiger partial charge in [0.05, 0.1) is 17.1 Å². The Morgan fingerprint density at radius 1 is 1.17 bits per heavy atom. The number of hydrogen-bond acceptors (Lipinski definition) is 2. The predicted molar refractivity (Wildman–Crippen MR) is 91.7 cm³/mol. The standard InChI is InChI=1S/C17H15Cl2FN2O2/c1-22(10-11-4-2-3-5-15(11)20)16(23)9-21-17(24)13-7-6-12(18)8-14(13)19/h2-8H,9-10H2,1H3,(H,21,24). The SMILES string of the molecule is CN(Cc1ccccc1F)C(=O)CNC(=O)c1ccc(Cl)cc1Cl. The molecule has 0 aromatic heterocycles. The van der Waals surface area contributed by atoms with Gasteiger partial charge in [-0.05, 0) is 24.3 Å². The number of halogens is 3. The molecule has 0 fully saturated rings. The van der Waals surface area contributed by atoms with Crippen LogP contribution >= 0.6 is 23.2 Å². The van der Waals surface area contributed by atoms with E-state index in [1.54, 1.807) is 18.2 Å². The highest BCUT2D eigenvalue weighted by Gasteiger charge is 2.15. The van der Waals surface area contributed by atoms with E-state index in [1.165, 1.54) is 36.2 Å². The Kier molecular flexibility index (Phi) is 6.17. The molecular weight excluding hydrogens is 354 g/mol. The van der Waals surface area contributed by atoms with Gasteiger partial charge in [0.2, 0.25) is 5.91 Å². The highest BCUT2D eigenvalue weighted by Crippen LogP contribution is 2.20. The van der Waals surface area contributed by atoms with Crippen molar-refractivity contribution in [2.75, 3.05) is 13.6 Å². The molecule has 1 N–H and O–H groups in total. The van der Waals surface area contributed by atoms with Crippen molar-refractivity contribution in [2.45, 2.75) is 6.54 Å². The van der Waals surface area contributed by atoms with Gasteiger partial charge in [-0.2, -0.15) is 0 Å². The number of carbonyl (C=O) groups excluding carboxylic acids is 2. The van der Waals surface area contributed by atoms with Gasteiger partial charge in [0.1, 0.15) is 5.82 Å². The highest BCUT2D eigenvalue weighted by atomic mass is 35.5. The Balaban J connectivity index is 1.92. The molecule has 2 rings (SSSR count). The summed E-state index contributed by atoms with van der Waals surface area (Å²) >= 11 is 11.7. The van der Waals surface area contributed by atoms with Crippen molar-refractivity contribution in [1.82, 2.24) is 10.2 Å². The summed E-state index contributed by atoms with van der Waals surface area (Å²) in [7, 11) is 1.54. The van der Waals surface area contributed by atoms with Gasteiger partial charge in [-0.3, -0.25) is 9.59 Å². The first kappa shape index (κ1) is 18.2. The molecule has 0 unspecified atom stereocenters. The Labute approximate surface area is 149 Å². The second-order valence-electron chi connectivity index (χ2n) is 5.15. The van der Waals surface area contributed by atoms with Crippen LogP contribution in [0.25, 0.3) is 0 Å². The fraction of sp³-hybridized carbons (Fsp3) is 0.176. The first-order chi connectivity index (χ1) is 11.4. The minimum absolute atomic E-state index is 0.114. The van der Waals surface area contributed by atoms with E-state index in [-0.39, 0.29) is 35.4 Å². The lowest BCUT2D eigenvalue weighted by Crippen LogP contribution is -2.38. The van der Waals surface area contributed by atoms with Gasteiger partial charge in [0.25, 0.3) is 5.91 Å². The molecule has 2 aromatic carbocycles. The Hall–Kier alpha value is -2.11. The highest BCUT2D eigenvalue weighted by molar-refractivity contribution is 6.36. The largest absolute Gasteiger partial charge is 0.343 e. The molecule has 7 heteroatoms. The minimum Gasteiger partial charge on any atom is -0.343 e. The van der Waals surface area contributed by atoms with Crippen LogP contribution in [0, 0.1) is 5.82 Å². The van der Waals surface area contributed by atoms with Gasteiger partial charge in [-0.1, -0.05) is 41.4 Å². The van der Waals surface area contributed by atoms with Gasteiger partial charge in [0, 0.05) is 24.2 Å². The van der Waals surface area contributed by atoms with Crippen LogP contribution in [0.2, 0.25) is 10.0 Å². The minimum atomic E-state index is -0.482. The quantitative estimate of drug-likeness (QED) is 0.877. The summed E-state index contributed by atoms with van der Waals surface area (Å²) in [6.45, 7) is -0.105. The van der Waals surface area contributed by atoms with E-state index in [2.05, 4.69) is 5.32 Å². The molecule has 0 radical (unpaired) electrons. The van der Waals surface area contributed by atoms with Crippen LogP contribution in [0.4, 0.5) is 4.39 Å². The summed E-state index contributed by atoms with van der Waals surface area (Å²) in [6, 6.07) is 10.7. The van der Waals surface area contributed by atoms with Crippen molar-refractivity contribution in [3.8, 4) is 0 Å². The summed E-state index contributed by atoms with van der Waals surface area (Å²) in [5, 5.41) is 3.10. The van der Waals surface area contributed by atoms with Crippen LogP contribution in [0.1, 0.15) is 15.9 Å². The fourth-order valence-corrected chi connectivity index (χ4v) is 2.52. The van der Waals surface area contributed by atoms with Crippen molar-refractivity contribution >= 4 is 35.0 Å². The maximum atomic E-state index is 13.6. The normalized spacial score (nSPS) is 10.3. The lowest BCUT2D eigenvalue weighted by molar-refractivity contribution is -0.129. The van der Waals surface area contributed by atoms with E-state index in [4.69, 9.17) is 23.2 Å². The Bertz CT molecular complexity index is 768. The van der Waals surface area contributed by atoms with Crippen LogP contribution in [-0.4, -0.2) is 30.3 Å². The van der Waals surface area contributed by atoms with E-state index >= 15 is 0 Å². The fourth-order valence-electron chi connectivity index (χ4n) is 2.03. The zero-order valence-electron chi connectivity index (χ0n) is 12.9. The number of carbonyl (C=O) groups is 2. The van der Waals surface area contributed by atoms with E-state index in [9.17, 15) is 14.0 Å².